The fourth-order valence-corrected chi connectivity index (χ4v) is 4.87. The lowest BCUT2D eigenvalue weighted by Gasteiger charge is -2.33. The summed E-state index contributed by atoms with van der Waals surface area (Å²) in [5.74, 6) is -0.246. The Kier molecular flexibility index (Phi) is 5.85. The number of piperidine rings is 1. The Balaban J connectivity index is 1.24. The van der Waals surface area contributed by atoms with E-state index in [0.29, 0.717) is 12.8 Å². The average molecular weight is 399 g/mol. The van der Waals surface area contributed by atoms with E-state index < -0.39 is 5.54 Å². The van der Waals surface area contributed by atoms with E-state index >= 15 is 0 Å². The van der Waals surface area contributed by atoms with Crippen LogP contribution in [0.5, 0.6) is 0 Å². The van der Waals surface area contributed by atoms with Gasteiger partial charge in [-0.15, -0.1) is 0 Å². The molecule has 0 aromatic heterocycles. The van der Waals surface area contributed by atoms with E-state index in [4.69, 9.17) is 0 Å². The summed E-state index contributed by atoms with van der Waals surface area (Å²) in [5, 5.41) is 5.96. The van der Waals surface area contributed by atoms with E-state index in [1.807, 2.05) is 18.2 Å². The predicted octanol–water partition coefficient (Wildman–Crippen LogP) is 2.02. The van der Waals surface area contributed by atoms with Crippen molar-refractivity contribution in [3.63, 3.8) is 0 Å². The zero-order chi connectivity index (χ0) is 20.3. The number of benzene rings is 1. The van der Waals surface area contributed by atoms with Crippen LogP contribution in [-0.4, -0.2) is 58.9 Å². The molecule has 2 N–H and O–H groups in total. The van der Waals surface area contributed by atoms with Gasteiger partial charge < -0.3 is 10.6 Å². The molecular formula is C22H30N4O3. The van der Waals surface area contributed by atoms with Crippen molar-refractivity contribution in [1.29, 1.82) is 0 Å². The van der Waals surface area contributed by atoms with Crippen molar-refractivity contribution in [1.82, 2.24) is 20.4 Å². The van der Waals surface area contributed by atoms with Gasteiger partial charge in [0.1, 0.15) is 5.54 Å². The van der Waals surface area contributed by atoms with Crippen LogP contribution in [0.15, 0.2) is 30.3 Å². The number of nitrogens with one attached hydrogen (secondary N) is 2. The SMILES string of the molecule is O=C(CCN1C(=O)NC2(CCCC2)C1=O)NC1CCCN(Cc2ccccc2)C1. The maximum absolute atomic E-state index is 12.7. The minimum absolute atomic E-state index is 0.0930. The van der Waals surface area contributed by atoms with Gasteiger partial charge in [0.25, 0.3) is 5.91 Å². The molecule has 7 nitrogen and oxygen atoms in total. The van der Waals surface area contributed by atoms with Crippen LogP contribution in [-0.2, 0) is 16.1 Å². The van der Waals surface area contributed by atoms with E-state index in [1.54, 1.807) is 0 Å². The summed E-state index contributed by atoms with van der Waals surface area (Å²) in [6, 6.07) is 10.1. The average Bonchev–Trinajstić information content (AvgIpc) is 3.27. The molecule has 2 saturated heterocycles. The molecule has 2 aliphatic heterocycles. The molecule has 1 aliphatic carbocycles. The molecule has 3 fully saturated rings. The van der Waals surface area contributed by atoms with Crippen LogP contribution < -0.4 is 10.6 Å². The minimum atomic E-state index is -0.700. The smallest absolute Gasteiger partial charge is 0.325 e. The molecule has 7 heteroatoms. The third kappa shape index (κ3) is 4.45. The summed E-state index contributed by atoms with van der Waals surface area (Å²) in [5.41, 5.74) is 0.577. The number of imide groups is 1. The van der Waals surface area contributed by atoms with Crippen LogP contribution in [0.25, 0.3) is 0 Å². The number of amides is 4. The molecule has 1 saturated carbocycles. The summed E-state index contributed by atoms with van der Waals surface area (Å²) in [6.07, 6.45) is 5.50. The number of nitrogens with zero attached hydrogens (tertiary/aromatic N) is 2. The Hall–Kier alpha value is -2.41. The van der Waals surface area contributed by atoms with Gasteiger partial charge in [-0.1, -0.05) is 43.2 Å². The fraction of sp³-hybridized carbons (Fsp3) is 0.591. The Bertz CT molecular complexity index is 761. The maximum atomic E-state index is 12.7. The highest BCUT2D eigenvalue weighted by atomic mass is 16.2. The molecule has 1 atom stereocenters. The first-order chi connectivity index (χ1) is 14.1. The van der Waals surface area contributed by atoms with Gasteiger partial charge in [0, 0.05) is 32.1 Å². The molecule has 2 heterocycles. The molecule has 156 valence electrons. The molecule has 3 aliphatic rings. The van der Waals surface area contributed by atoms with Gasteiger partial charge in [-0.05, 0) is 37.8 Å². The van der Waals surface area contributed by atoms with Crippen molar-refractivity contribution >= 4 is 17.8 Å². The number of carbonyl (C=O) groups is 3. The summed E-state index contributed by atoms with van der Waals surface area (Å²) < 4.78 is 0. The van der Waals surface area contributed by atoms with Crippen LogP contribution in [0.2, 0.25) is 0 Å². The standard InChI is InChI=1S/C22H30N4O3/c27-19(10-14-26-20(28)22(24-21(26)29)11-4-5-12-22)23-18-9-6-13-25(16-18)15-17-7-2-1-3-8-17/h1-3,7-8,18H,4-6,9-16H2,(H,23,27)(H,24,29). The largest absolute Gasteiger partial charge is 0.352 e. The molecule has 0 bridgehead atoms. The number of likely N-dealkylation sites (tertiary alicyclic amines) is 1. The second-order valence-corrected chi connectivity index (χ2v) is 8.55. The van der Waals surface area contributed by atoms with Gasteiger partial charge in [-0.25, -0.2) is 4.79 Å². The third-order valence-corrected chi connectivity index (χ3v) is 6.39. The van der Waals surface area contributed by atoms with Gasteiger partial charge in [-0.2, -0.15) is 0 Å². The van der Waals surface area contributed by atoms with Crippen molar-refractivity contribution in [2.45, 2.75) is 63.1 Å². The van der Waals surface area contributed by atoms with E-state index in [-0.39, 0.29) is 36.9 Å². The monoisotopic (exact) mass is 398 g/mol. The fourth-order valence-electron chi connectivity index (χ4n) is 4.87. The van der Waals surface area contributed by atoms with Gasteiger partial charge >= 0.3 is 6.03 Å². The van der Waals surface area contributed by atoms with Gasteiger partial charge in [0.2, 0.25) is 5.91 Å². The summed E-state index contributed by atoms with van der Waals surface area (Å²) in [4.78, 5) is 40.9. The highest BCUT2D eigenvalue weighted by Crippen LogP contribution is 2.35. The summed E-state index contributed by atoms with van der Waals surface area (Å²) in [6.45, 7) is 2.90. The number of rotatable bonds is 6. The van der Waals surface area contributed by atoms with E-state index in [9.17, 15) is 14.4 Å². The molecule has 29 heavy (non-hydrogen) atoms. The zero-order valence-electron chi connectivity index (χ0n) is 16.9. The zero-order valence-corrected chi connectivity index (χ0v) is 16.9. The van der Waals surface area contributed by atoms with Crippen LogP contribution in [0, 0.1) is 0 Å². The second kappa shape index (κ2) is 8.53. The molecule has 1 unspecified atom stereocenters. The predicted molar refractivity (Wildman–Crippen MR) is 109 cm³/mol. The first kappa shape index (κ1) is 19.9. The molecule has 1 aromatic carbocycles. The van der Waals surface area contributed by atoms with Gasteiger partial charge in [0.05, 0.1) is 0 Å². The highest BCUT2D eigenvalue weighted by Gasteiger charge is 2.52. The van der Waals surface area contributed by atoms with E-state index in [1.165, 1.54) is 10.5 Å². The van der Waals surface area contributed by atoms with Gasteiger partial charge in [0.15, 0.2) is 0 Å². The lowest BCUT2D eigenvalue weighted by Crippen LogP contribution is -2.48. The number of urea groups is 1. The van der Waals surface area contributed by atoms with Crippen molar-refractivity contribution in [3.8, 4) is 0 Å². The van der Waals surface area contributed by atoms with E-state index in [0.717, 1.165) is 45.3 Å². The van der Waals surface area contributed by atoms with Crippen molar-refractivity contribution in [2.24, 2.45) is 0 Å². The van der Waals surface area contributed by atoms with E-state index in [2.05, 4.69) is 27.7 Å². The molecular weight excluding hydrogens is 368 g/mol. The lowest BCUT2D eigenvalue weighted by atomic mass is 9.98. The van der Waals surface area contributed by atoms with Crippen LogP contribution in [0.4, 0.5) is 4.79 Å². The summed E-state index contributed by atoms with van der Waals surface area (Å²) >= 11 is 0. The molecule has 1 aromatic rings. The topological polar surface area (TPSA) is 81.8 Å². The second-order valence-electron chi connectivity index (χ2n) is 8.55. The van der Waals surface area contributed by atoms with Crippen molar-refractivity contribution in [3.05, 3.63) is 35.9 Å². The molecule has 4 rings (SSSR count). The van der Waals surface area contributed by atoms with Crippen LogP contribution in [0.3, 0.4) is 0 Å². The first-order valence-electron chi connectivity index (χ1n) is 10.8. The highest BCUT2D eigenvalue weighted by molar-refractivity contribution is 6.07. The first-order valence-corrected chi connectivity index (χ1v) is 10.8. The van der Waals surface area contributed by atoms with Crippen molar-refractivity contribution in [2.75, 3.05) is 19.6 Å². The number of hydrogen-bond donors (Lipinski definition) is 2. The third-order valence-electron chi connectivity index (χ3n) is 6.39. The summed E-state index contributed by atoms with van der Waals surface area (Å²) in [7, 11) is 0. The molecule has 0 radical (unpaired) electrons. The Morgan fingerprint density at radius 1 is 1.14 bits per heavy atom. The van der Waals surface area contributed by atoms with Crippen molar-refractivity contribution < 1.29 is 14.4 Å². The maximum Gasteiger partial charge on any atom is 0.325 e. The molecule has 1 spiro atoms. The van der Waals surface area contributed by atoms with Crippen LogP contribution >= 0.6 is 0 Å². The minimum Gasteiger partial charge on any atom is -0.352 e. The van der Waals surface area contributed by atoms with Gasteiger partial charge in [-0.3, -0.25) is 19.4 Å². The molecule has 4 amide bonds. The van der Waals surface area contributed by atoms with Crippen LogP contribution in [0.1, 0.15) is 50.5 Å². The normalized spacial score (nSPS) is 24.1. The Morgan fingerprint density at radius 2 is 1.90 bits per heavy atom. The number of carbonyl (C=O) groups excluding carboxylic acids is 3. The Morgan fingerprint density at radius 3 is 2.66 bits per heavy atom. The lowest BCUT2D eigenvalue weighted by molar-refractivity contribution is -0.131. The quantitative estimate of drug-likeness (QED) is 0.719. The number of hydrogen-bond acceptors (Lipinski definition) is 4. The Labute approximate surface area is 171 Å².